The number of rotatable bonds is 3. The average Bonchev–Trinajstić information content (AvgIpc) is 3.11. The molecule has 2 aromatic heterocycles. The summed E-state index contributed by atoms with van der Waals surface area (Å²) in [7, 11) is -3.14. The van der Waals surface area contributed by atoms with Gasteiger partial charge in [-0.15, -0.1) is 0 Å². The van der Waals surface area contributed by atoms with E-state index >= 15 is 0 Å². The van der Waals surface area contributed by atoms with Gasteiger partial charge in [0.15, 0.2) is 0 Å². The lowest BCUT2D eigenvalue weighted by molar-refractivity contribution is 0.0830. The highest BCUT2D eigenvalue weighted by atomic mass is 32.2. The van der Waals surface area contributed by atoms with Crippen molar-refractivity contribution < 1.29 is 13.2 Å². The predicted molar refractivity (Wildman–Crippen MR) is 109 cm³/mol. The predicted octanol–water partition coefficient (Wildman–Crippen LogP) is 1.11. The fourth-order valence-electron chi connectivity index (χ4n) is 3.88. The molecule has 0 spiro atoms. The number of nitrogens with zero attached hydrogens (tertiary/aromatic N) is 6. The van der Waals surface area contributed by atoms with Crippen LogP contribution >= 0.6 is 0 Å². The van der Waals surface area contributed by atoms with Crippen molar-refractivity contribution in [2.75, 3.05) is 43.9 Å². The fraction of sp³-hybridized carbons (Fsp3) is 0.421. The number of hydrogen-bond donors (Lipinski definition) is 0. The van der Waals surface area contributed by atoms with Crippen molar-refractivity contribution in [1.82, 2.24) is 23.8 Å². The zero-order valence-electron chi connectivity index (χ0n) is 16.2. The van der Waals surface area contributed by atoms with Crippen LogP contribution in [-0.4, -0.2) is 71.3 Å². The number of piperazine rings is 1. The Morgan fingerprint density at radius 3 is 2.48 bits per heavy atom. The van der Waals surface area contributed by atoms with E-state index in [0.29, 0.717) is 45.3 Å². The van der Waals surface area contributed by atoms with Gasteiger partial charge >= 0.3 is 0 Å². The van der Waals surface area contributed by atoms with E-state index in [-0.39, 0.29) is 0 Å². The number of fused-ring (bicyclic) bond motifs is 3. The molecule has 1 saturated heterocycles. The smallest absolute Gasteiger partial charge is 0.225 e. The van der Waals surface area contributed by atoms with E-state index in [1.54, 1.807) is 0 Å². The lowest BCUT2D eigenvalue weighted by atomic mass is 10.1. The molecule has 0 unspecified atom stereocenters. The van der Waals surface area contributed by atoms with E-state index < -0.39 is 10.0 Å². The van der Waals surface area contributed by atoms with E-state index in [1.165, 1.54) is 10.6 Å². The van der Waals surface area contributed by atoms with Gasteiger partial charge in [-0.1, -0.05) is 6.07 Å². The third-order valence-corrected chi connectivity index (χ3v) is 6.78. The van der Waals surface area contributed by atoms with Gasteiger partial charge in [-0.05, 0) is 17.7 Å². The van der Waals surface area contributed by atoms with Crippen LogP contribution in [0, 0.1) is 0 Å². The summed E-state index contributed by atoms with van der Waals surface area (Å²) in [5.41, 5.74) is 4.05. The molecule has 5 rings (SSSR count). The van der Waals surface area contributed by atoms with Crippen molar-refractivity contribution in [1.29, 1.82) is 0 Å². The summed E-state index contributed by atoms with van der Waals surface area (Å²) in [5.74, 6) is 1.59. The summed E-state index contributed by atoms with van der Waals surface area (Å²) >= 11 is 0. The summed E-state index contributed by atoms with van der Waals surface area (Å²) in [6.45, 7) is 4.14. The molecule has 2 aliphatic rings. The third kappa shape index (κ3) is 3.47. The second-order valence-electron chi connectivity index (χ2n) is 7.36. The van der Waals surface area contributed by atoms with Crippen molar-refractivity contribution in [3.05, 3.63) is 36.4 Å². The SMILES string of the molecule is CS(=O)(=O)N1CCN(c2ncc(-c3ccc4nc5n(c4c3)CCOC5)cn2)CC1. The molecule has 0 aliphatic carbocycles. The van der Waals surface area contributed by atoms with Crippen LogP contribution in [0.3, 0.4) is 0 Å². The Labute approximate surface area is 169 Å². The summed E-state index contributed by atoms with van der Waals surface area (Å²) in [6, 6.07) is 6.18. The summed E-state index contributed by atoms with van der Waals surface area (Å²) in [4.78, 5) is 15.7. The highest BCUT2D eigenvalue weighted by Crippen LogP contribution is 2.26. The van der Waals surface area contributed by atoms with Gasteiger partial charge in [-0.25, -0.2) is 23.4 Å². The van der Waals surface area contributed by atoms with Gasteiger partial charge in [0.2, 0.25) is 16.0 Å². The minimum atomic E-state index is -3.14. The molecule has 152 valence electrons. The van der Waals surface area contributed by atoms with Gasteiger partial charge in [0.1, 0.15) is 12.4 Å². The molecule has 4 heterocycles. The first-order chi connectivity index (χ1) is 14.0. The maximum absolute atomic E-state index is 11.7. The molecular weight excluding hydrogens is 392 g/mol. The third-order valence-electron chi connectivity index (χ3n) is 5.48. The van der Waals surface area contributed by atoms with Gasteiger partial charge in [-0.2, -0.15) is 4.31 Å². The first kappa shape index (κ1) is 18.5. The molecule has 9 nitrogen and oxygen atoms in total. The molecule has 2 aliphatic heterocycles. The number of imidazole rings is 1. The van der Waals surface area contributed by atoms with Crippen LogP contribution in [0.2, 0.25) is 0 Å². The topological polar surface area (TPSA) is 93.5 Å². The molecule has 0 atom stereocenters. The molecule has 0 bridgehead atoms. The van der Waals surface area contributed by atoms with Gasteiger partial charge in [0.05, 0.1) is 23.9 Å². The second-order valence-corrected chi connectivity index (χ2v) is 9.34. The molecule has 10 heteroatoms. The second kappa shape index (κ2) is 7.05. The van der Waals surface area contributed by atoms with E-state index in [2.05, 4.69) is 25.6 Å². The molecule has 3 aromatic rings. The molecule has 1 aromatic carbocycles. The molecule has 0 saturated carbocycles. The van der Waals surface area contributed by atoms with E-state index in [9.17, 15) is 8.42 Å². The minimum Gasteiger partial charge on any atom is -0.372 e. The molecule has 29 heavy (non-hydrogen) atoms. The number of anilines is 1. The Morgan fingerprint density at radius 2 is 1.76 bits per heavy atom. The van der Waals surface area contributed by atoms with Crippen LogP contribution in [0.25, 0.3) is 22.2 Å². The zero-order valence-corrected chi connectivity index (χ0v) is 17.0. The molecule has 0 N–H and O–H groups in total. The number of benzene rings is 1. The average molecular weight is 414 g/mol. The Kier molecular flexibility index (Phi) is 4.49. The quantitative estimate of drug-likeness (QED) is 0.634. The first-order valence-electron chi connectivity index (χ1n) is 9.58. The van der Waals surface area contributed by atoms with Crippen LogP contribution in [-0.2, 0) is 27.9 Å². The Hall–Kier alpha value is -2.56. The first-order valence-corrected chi connectivity index (χ1v) is 11.4. The van der Waals surface area contributed by atoms with Crippen molar-refractivity contribution >= 4 is 27.0 Å². The Morgan fingerprint density at radius 1 is 1.00 bits per heavy atom. The molecule has 0 radical (unpaired) electrons. The Bertz CT molecular complexity index is 1150. The van der Waals surface area contributed by atoms with E-state index in [4.69, 9.17) is 4.74 Å². The van der Waals surface area contributed by atoms with Crippen molar-refractivity contribution in [3.63, 3.8) is 0 Å². The van der Waals surface area contributed by atoms with Gasteiger partial charge in [0, 0.05) is 50.7 Å². The number of sulfonamides is 1. The molecule has 0 amide bonds. The number of aromatic nitrogens is 4. The fourth-order valence-corrected chi connectivity index (χ4v) is 4.71. The van der Waals surface area contributed by atoms with Crippen molar-refractivity contribution in [2.24, 2.45) is 0 Å². The van der Waals surface area contributed by atoms with Crippen molar-refractivity contribution in [3.8, 4) is 11.1 Å². The van der Waals surface area contributed by atoms with Crippen molar-refractivity contribution in [2.45, 2.75) is 13.2 Å². The summed E-state index contributed by atoms with van der Waals surface area (Å²) in [6.07, 6.45) is 4.89. The monoisotopic (exact) mass is 414 g/mol. The maximum Gasteiger partial charge on any atom is 0.225 e. The van der Waals surface area contributed by atoms with E-state index in [1.807, 2.05) is 29.4 Å². The van der Waals surface area contributed by atoms with Gasteiger partial charge < -0.3 is 14.2 Å². The number of ether oxygens (including phenoxy) is 1. The summed E-state index contributed by atoms with van der Waals surface area (Å²) < 4.78 is 32.5. The number of hydrogen-bond acceptors (Lipinski definition) is 7. The highest BCUT2D eigenvalue weighted by molar-refractivity contribution is 7.88. The van der Waals surface area contributed by atoms with Crippen LogP contribution < -0.4 is 4.90 Å². The standard InChI is InChI=1S/C19H22N6O3S/c1-29(26,27)24-6-4-23(5-7-24)19-20-11-15(12-21-19)14-2-3-16-17(10-14)25-8-9-28-13-18(25)22-16/h2-3,10-12H,4-9,13H2,1H3. The van der Waals surface area contributed by atoms with Crippen LogP contribution in [0.15, 0.2) is 30.6 Å². The zero-order chi connectivity index (χ0) is 20.0. The minimum absolute atomic E-state index is 0.455. The van der Waals surface area contributed by atoms with Crippen LogP contribution in [0.4, 0.5) is 5.95 Å². The van der Waals surface area contributed by atoms with Gasteiger partial charge in [0.25, 0.3) is 0 Å². The van der Waals surface area contributed by atoms with Crippen LogP contribution in [0.1, 0.15) is 5.82 Å². The lowest BCUT2D eigenvalue weighted by Gasteiger charge is -2.33. The largest absolute Gasteiger partial charge is 0.372 e. The molecular formula is C19H22N6O3S. The lowest BCUT2D eigenvalue weighted by Crippen LogP contribution is -2.48. The maximum atomic E-state index is 11.7. The molecule has 1 fully saturated rings. The summed E-state index contributed by atoms with van der Waals surface area (Å²) in [5, 5.41) is 0. The van der Waals surface area contributed by atoms with Gasteiger partial charge in [-0.3, -0.25) is 0 Å². The normalized spacial score (nSPS) is 18.2. The van der Waals surface area contributed by atoms with Crippen LogP contribution in [0.5, 0.6) is 0 Å². The van der Waals surface area contributed by atoms with E-state index in [0.717, 1.165) is 34.5 Å². The highest BCUT2D eigenvalue weighted by Gasteiger charge is 2.24. The Balaban J connectivity index is 1.37.